The van der Waals surface area contributed by atoms with E-state index in [9.17, 15) is 9.59 Å². The molecule has 0 radical (unpaired) electrons. The second-order valence-electron chi connectivity index (χ2n) is 5.67. The molecule has 0 bridgehead atoms. The van der Waals surface area contributed by atoms with Gasteiger partial charge in [-0.3, -0.25) is 9.59 Å². The summed E-state index contributed by atoms with van der Waals surface area (Å²) in [5, 5.41) is 5.42. The number of para-hydroxylation sites is 1. The first-order chi connectivity index (χ1) is 12.6. The lowest BCUT2D eigenvalue weighted by Gasteiger charge is -2.06. The maximum atomic E-state index is 12.0. The molecule has 0 saturated carbocycles. The summed E-state index contributed by atoms with van der Waals surface area (Å²) in [5.41, 5.74) is 2.79. The maximum Gasteiger partial charge on any atom is 0.251 e. The molecule has 0 fully saturated rings. The standard InChI is InChI=1S/C19H19N3O2S2/c1-13(23)20-10-11-21-18(24)15-8-6-14(7-9-15)12-25-19-22-16-4-2-3-5-17(16)26-19/h2-9H,10-12H2,1H3,(H,20,23)(H,21,24). The summed E-state index contributed by atoms with van der Waals surface area (Å²) in [6.45, 7) is 2.29. The Morgan fingerprint density at radius 3 is 2.50 bits per heavy atom. The van der Waals surface area contributed by atoms with Gasteiger partial charge in [-0.15, -0.1) is 11.3 Å². The summed E-state index contributed by atoms with van der Waals surface area (Å²) in [6, 6.07) is 15.7. The minimum atomic E-state index is -0.138. The highest BCUT2D eigenvalue weighted by molar-refractivity contribution is 8.00. The molecule has 0 saturated heterocycles. The predicted octanol–water partition coefficient (Wildman–Crippen LogP) is 3.45. The number of hydrogen-bond acceptors (Lipinski definition) is 5. The van der Waals surface area contributed by atoms with E-state index in [4.69, 9.17) is 0 Å². The number of rotatable bonds is 7. The second kappa shape index (κ2) is 8.82. The van der Waals surface area contributed by atoms with Crippen molar-refractivity contribution in [3.63, 3.8) is 0 Å². The van der Waals surface area contributed by atoms with E-state index in [-0.39, 0.29) is 11.8 Å². The Balaban J connectivity index is 1.50. The van der Waals surface area contributed by atoms with Crippen LogP contribution in [-0.4, -0.2) is 29.9 Å². The first-order valence-corrected chi connectivity index (χ1v) is 10.0. The molecule has 2 N–H and O–H groups in total. The van der Waals surface area contributed by atoms with E-state index in [1.54, 1.807) is 23.1 Å². The lowest BCUT2D eigenvalue weighted by Crippen LogP contribution is -2.33. The van der Waals surface area contributed by atoms with Crippen molar-refractivity contribution in [3.05, 3.63) is 59.7 Å². The van der Waals surface area contributed by atoms with Crippen LogP contribution in [0.4, 0.5) is 0 Å². The van der Waals surface area contributed by atoms with Crippen LogP contribution in [0.1, 0.15) is 22.8 Å². The van der Waals surface area contributed by atoms with Crippen molar-refractivity contribution in [1.82, 2.24) is 15.6 Å². The van der Waals surface area contributed by atoms with E-state index in [1.165, 1.54) is 11.6 Å². The molecule has 0 aliphatic heterocycles. The van der Waals surface area contributed by atoms with Gasteiger partial charge in [0.1, 0.15) is 0 Å². The average molecular weight is 386 g/mol. The number of carbonyl (C=O) groups excluding carboxylic acids is 2. The van der Waals surface area contributed by atoms with Gasteiger partial charge < -0.3 is 10.6 Å². The number of nitrogens with zero attached hydrogens (tertiary/aromatic N) is 1. The van der Waals surface area contributed by atoms with E-state index in [0.29, 0.717) is 18.7 Å². The van der Waals surface area contributed by atoms with Gasteiger partial charge in [0.15, 0.2) is 4.34 Å². The van der Waals surface area contributed by atoms with Crippen LogP contribution in [0.25, 0.3) is 10.2 Å². The van der Waals surface area contributed by atoms with Crippen molar-refractivity contribution >= 4 is 45.1 Å². The summed E-state index contributed by atoms with van der Waals surface area (Å²) in [6.07, 6.45) is 0. The molecule has 2 aromatic carbocycles. The second-order valence-corrected chi connectivity index (χ2v) is 7.93. The number of nitrogens with one attached hydrogen (secondary N) is 2. The van der Waals surface area contributed by atoms with Gasteiger partial charge >= 0.3 is 0 Å². The summed E-state index contributed by atoms with van der Waals surface area (Å²) >= 11 is 3.40. The Hall–Kier alpha value is -2.38. The quantitative estimate of drug-likeness (QED) is 0.483. The molecule has 7 heteroatoms. The van der Waals surface area contributed by atoms with Crippen LogP contribution in [0, 0.1) is 0 Å². The fourth-order valence-electron chi connectivity index (χ4n) is 2.33. The summed E-state index contributed by atoms with van der Waals surface area (Å²) in [7, 11) is 0. The fraction of sp³-hybridized carbons (Fsp3) is 0.211. The molecule has 134 valence electrons. The molecule has 0 atom stereocenters. The van der Waals surface area contributed by atoms with Crippen LogP contribution >= 0.6 is 23.1 Å². The van der Waals surface area contributed by atoms with Crippen molar-refractivity contribution in [2.24, 2.45) is 0 Å². The minimum Gasteiger partial charge on any atom is -0.355 e. The molecule has 3 rings (SSSR count). The number of hydrogen-bond donors (Lipinski definition) is 2. The first kappa shape index (κ1) is 18.4. The Kier molecular flexibility index (Phi) is 6.25. The molecular formula is C19H19N3O2S2. The number of fused-ring (bicyclic) bond motifs is 1. The third-order valence-corrected chi connectivity index (χ3v) is 5.89. The Labute approximate surface area is 160 Å². The molecule has 0 unspecified atom stereocenters. The third-order valence-electron chi connectivity index (χ3n) is 3.64. The van der Waals surface area contributed by atoms with Gasteiger partial charge in [0.2, 0.25) is 5.91 Å². The fourth-order valence-corrected chi connectivity index (χ4v) is 4.35. The molecule has 1 aromatic heterocycles. The molecule has 2 amide bonds. The van der Waals surface area contributed by atoms with E-state index in [1.807, 2.05) is 42.5 Å². The van der Waals surface area contributed by atoms with E-state index in [2.05, 4.69) is 21.7 Å². The van der Waals surface area contributed by atoms with Crippen LogP contribution in [-0.2, 0) is 10.5 Å². The zero-order valence-electron chi connectivity index (χ0n) is 14.3. The smallest absolute Gasteiger partial charge is 0.251 e. The summed E-state index contributed by atoms with van der Waals surface area (Å²) < 4.78 is 2.24. The zero-order chi connectivity index (χ0) is 18.4. The molecule has 5 nitrogen and oxygen atoms in total. The van der Waals surface area contributed by atoms with E-state index < -0.39 is 0 Å². The Morgan fingerprint density at radius 1 is 1.04 bits per heavy atom. The van der Waals surface area contributed by atoms with Gasteiger partial charge in [-0.05, 0) is 29.8 Å². The van der Waals surface area contributed by atoms with Gasteiger partial charge in [0.05, 0.1) is 10.2 Å². The SMILES string of the molecule is CC(=O)NCCNC(=O)c1ccc(CSc2nc3ccccc3s2)cc1. The van der Waals surface area contributed by atoms with Gasteiger partial charge in [-0.1, -0.05) is 36.0 Å². The van der Waals surface area contributed by atoms with Crippen LogP contribution in [0.15, 0.2) is 52.9 Å². The van der Waals surface area contributed by atoms with Gasteiger partial charge in [0.25, 0.3) is 5.91 Å². The topological polar surface area (TPSA) is 71.1 Å². The summed E-state index contributed by atoms with van der Waals surface area (Å²) in [4.78, 5) is 27.4. The molecule has 0 aliphatic rings. The van der Waals surface area contributed by atoms with Gasteiger partial charge in [-0.2, -0.15) is 0 Å². The Bertz CT molecular complexity index is 874. The van der Waals surface area contributed by atoms with Crippen LogP contribution in [0.3, 0.4) is 0 Å². The highest BCUT2D eigenvalue weighted by atomic mass is 32.2. The van der Waals surface area contributed by atoms with Crippen molar-refractivity contribution in [2.75, 3.05) is 13.1 Å². The highest BCUT2D eigenvalue weighted by Gasteiger charge is 2.07. The molecule has 3 aromatic rings. The first-order valence-electron chi connectivity index (χ1n) is 8.22. The number of aromatic nitrogens is 1. The average Bonchev–Trinajstić information content (AvgIpc) is 3.06. The number of thiazole rings is 1. The number of benzene rings is 2. The van der Waals surface area contributed by atoms with E-state index in [0.717, 1.165) is 21.2 Å². The molecule has 26 heavy (non-hydrogen) atoms. The van der Waals surface area contributed by atoms with Crippen molar-refractivity contribution in [1.29, 1.82) is 0 Å². The highest BCUT2D eigenvalue weighted by Crippen LogP contribution is 2.31. The lowest BCUT2D eigenvalue weighted by atomic mass is 10.1. The van der Waals surface area contributed by atoms with Crippen LogP contribution in [0.5, 0.6) is 0 Å². The number of amides is 2. The molecule has 1 heterocycles. The number of carbonyl (C=O) groups is 2. The van der Waals surface area contributed by atoms with E-state index >= 15 is 0 Å². The third kappa shape index (κ3) is 5.06. The maximum absolute atomic E-state index is 12.0. The lowest BCUT2D eigenvalue weighted by molar-refractivity contribution is -0.118. The van der Waals surface area contributed by atoms with Crippen molar-refractivity contribution in [3.8, 4) is 0 Å². The van der Waals surface area contributed by atoms with Gasteiger partial charge in [0, 0.05) is 31.3 Å². The monoisotopic (exact) mass is 385 g/mol. The number of thioether (sulfide) groups is 1. The molecule has 0 spiro atoms. The largest absolute Gasteiger partial charge is 0.355 e. The van der Waals surface area contributed by atoms with Crippen molar-refractivity contribution < 1.29 is 9.59 Å². The van der Waals surface area contributed by atoms with Gasteiger partial charge in [-0.25, -0.2) is 4.98 Å². The zero-order valence-corrected chi connectivity index (χ0v) is 16.0. The predicted molar refractivity (Wildman–Crippen MR) is 107 cm³/mol. The van der Waals surface area contributed by atoms with Crippen molar-refractivity contribution in [2.45, 2.75) is 17.0 Å². The normalized spacial score (nSPS) is 10.7. The molecular weight excluding hydrogens is 366 g/mol. The summed E-state index contributed by atoms with van der Waals surface area (Å²) in [5.74, 6) is 0.569. The molecule has 0 aliphatic carbocycles. The Morgan fingerprint density at radius 2 is 1.77 bits per heavy atom. The van der Waals surface area contributed by atoms with Crippen LogP contribution < -0.4 is 10.6 Å². The van der Waals surface area contributed by atoms with Crippen LogP contribution in [0.2, 0.25) is 0 Å². The minimum absolute atomic E-state index is 0.103.